The topological polar surface area (TPSA) is 98.8 Å². The average molecular weight is 438 g/mol. The molecular weight excluding hydrogens is 421 g/mol. The summed E-state index contributed by atoms with van der Waals surface area (Å²) < 4.78 is 41.0. The Kier molecular flexibility index (Phi) is 4.58. The van der Waals surface area contributed by atoms with Crippen LogP contribution in [0.2, 0.25) is 0 Å². The second-order valence-electron chi connectivity index (χ2n) is 7.61. The van der Waals surface area contributed by atoms with E-state index in [4.69, 9.17) is 0 Å². The number of nitrogens with one attached hydrogen (secondary N) is 1. The first-order chi connectivity index (χ1) is 15.4. The van der Waals surface area contributed by atoms with E-state index in [0.717, 1.165) is 48.7 Å². The quantitative estimate of drug-likeness (QED) is 0.524. The first-order valence-corrected chi connectivity index (χ1v) is 9.95. The third-order valence-corrected chi connectivity index (χ3v) is 5.62. The van der Waals surface area contributed by atoms with Gasteiger partial charge in [-0.3, -0.25) is 5.10 Å². The van der Waals surface area contributed by atoms with Crippen LogP contribution in [0.15, 0.2) is 30.7 Å². The molecule has 4 heterocycles. The van der Waals surface area contributed by atoms with Gasteiger partial charge in [0, 0.05) is 30.6 Å². The molecule has 1 saturated heterocycles. The zero-order valence-electron chi connectivity index (χ0n) is 17.0. The third kappa shape index (κ3) is 3.24. The standard InChI is InChI=1S/C21H17F3N8/c1-12-29-17(19-20(31-5-2-6-31)26-11-28-32(12)19)8-14-10-27-30-18(14)16-4-3-15(21(22,23)24)7-13(16)9-25/h3-4,7,10-11H,2,5-6,8H2,1H3,(H,27,30). The van der Waals surface area contributed by atoms with Crippen molar-refractivity contribution in [3.8, 4) is 17.3 Å². The molecule has 1 aliphatic rings. The summed E-state index contributed by atoms with van der Waals surface area (Å²) in [5, 5.41) is 20.7. The number of hydrogen-bond acceptors (Lipinski definition) is 6. The first kappa shape index (κ1) is 20.0. The smallest absolute Gasteiger partial charge is 0.355 e. The van der Waals surface area contributed by atoms with E-state index < -0.39 is 11.7 Å². The summed E-state index contributed by atoms with van der Waals surface area (Å²) in [6.07, 6.45) is 0.0191. The highest BCUT2D eigenvalue weighted by molar-refractivity contribution is 5.75. The molecule has 0 saturated carbocycles. The van der Waals surface area contributed by atoms with Gasteiger partial charge in [0.25, 0.3) is 0 Å². The maximum Gasteiger partial charge on any atom is 0.416 e. The van der Waals surface area contributed by atoms with Gasteiger partial charge in [-0.25, -0.2) is 14.5 Å². The molecule has 3 aromatic heterocycles. The van der Waals surface area contributed by atoms with E-state index in [1.54, 1.807) is 10.7 Å². The number of imidazole rings is 1. The van der Waals surface area contributed by atoms with E-state index in [1.807, 2.05) is 13.0 Å². The maximum absolute atomic E-state index is 13.1. The monoisotopic (exact) mass is 438 g/mol. The van der Waals surface area contributed by atoms with Gasteiger partial charge in [-0.15, -0.1) is 0 Å². The summed E-state index contributed by atoms with van der Waals surface area (Å²) in [4.78, 5) is 11.3. The normalized spacial score (nSPS) is 13.9. The molecular formula is C21H17F3N8. The van der Waals surface area contributed by atoms with Gasteiger partial charge in [0.15, 0.2) is 5.82 Å². The molecule has 32 heavy (non-hydrogen) atoms. The second kappa shape index (κ2) is 7.33. The van der Waals surface area contributed by atoms with Crippen molar-refractivity contribution >= 4 is 11.3 Å². The van der Waals surface area contributed by atoms with Crippen molar-refractivity contribution < 1.29 is 13.2 Å². The molecule has 11 heteroatoms. The van der Waals surface area contributed by atoms with Crippen molar-refractivity contribution in [2.24, 2.45) is 0 Å². The molecule has 4 aromatic rings. The van der Waals surface area contributed by atoms with Crippen LogP contribution >= 0.6 is 0 Å². The van der Waals surface area contributed by atoms with E-state index >= 15 is 0 Å². The maximum atomic E-state index is 13.1. The Hall–Kier alpha value is -3.94. The Labute approximate surface area is 180 Å². The van der Waals surface area contributed by atoms with Gasteiger partial charge in [0.05, 0.1) is 34.8 Å². The Bertz CT molecular complexity index is 1360. The van der Waals surface area contributed by atoms with Crippen molar-refractivity contribution in [1.29, 1.82) is 5.26 Å². The average Bonchev–Trinajstić information content (AvgIpc) is 3.31. The number of fused-ring (bicyclic) bond motifs is 1. The molecule has 1 aliphatic heterocycles. The third-order valence-electron chi connectivity index (χ3n) is 5.62. The predicted molar refractivity (Wildman–Crippen MR) is 109 cm³/mol. The van der Waals surface area contributed by atoms with E-state index in [9.17, 15) is 18.4 Å². The Morgan fingerprint density at radius 2 is 2.06 bits per heavy atom. The van der Waals surface area contributed by atoms with Gasteiger partial charge in [0.1, 0.15) is 17.7 Å². The van der Waals surface area contributed by atoms with Gasteiger partial charge in [-0.1, -0.05) is 6.07 Å². The van der Waals surface area contributed by atoms with Crippen molar-refractivity contribution in [2.45, 2.75) is 25.9 Å². The van der Waals surface area contributed by atoms with Crippen LogP contribution in [0.25, 0.3) is 16.8 Å². The summed E-state index contributed by atoms with van der Waals surface area (Å²) >= 11 is 0. The summed E-state index contributed by atoms with van der Waals surface area (Å²) in [6.45, 7) is 3.66. The number of H-pyrrole nitrogens is 1. The van der Waals surface area contributed by atoms with Gasteiger partial charge in [-0.2, -0.15) is 28.6 Å². The molecule has 1 fully saturated rings. The van der Waals surface area contributed by atoms with E-state index in [0.29, 0.717) is 29.1 Å². The highest BCUT2D eigenvalue weighted by atomic mass is 19.4. The number of nitrogens with zero attached hydrogens (tertiary/aromatic N) is 7. The van der Waals surface area contributed by atoms with Gasteiger partial charge < -0.3 is 4.90 Å². The van der Waals surface area contributed by atoms with Gasteiger partial charge >= 0.3 is 6.18 Å². The number of rotatable bonds is 4. The predicted octanol–water partition coefficient (Wildman–Crippen LogP) is 3.51. The molecule has 162 valence electrons. The molecule has 0 amide bonds. The lowest BCUT2D eigenvalue weighted by Gasteiger charge is -2.32. The molecule has 0 aliphatic carbocycles. The molecule has 1 aromatic carbocycles. The molecule has 8 nitrogen and oxygen atoms in total. The van der Waals surface area contributed by atoms with Crippen molar-refractivity contribution in [2.75, 3.05) is 18.0 Å². The summed E-state index contributed by atoms with van der Waals surface area (Å²) in [5.41, 5.74) is 2.12. The number of halogens is 3. The highest BCUT2D eigenvalue weighted by Crippen LogP contribution is 2.35. The number of anilines is 1. The number of aryl methyl sites for hydroxylation is 1. The van der Waals surface area contributed by atoms with Crippen LogP contribution in [0, 0.1) is 18.3 Å². The Morgan fingerprint density at radius 1 is 1.25 bits per heavy atom. The van der Waals surface area contributed by atoms with Gasteiger partial charge in [0.2, 0.25) is 0 Å². The Morgan fingerprint density at radius 3 is 2.75 bits per heavy atom. The second-order valence-corrected chi connectivity index (χ2v) is 7.61. The van der Waals surface area contributed by atoms with Crippen molar-refractivity contribution in [3.63, 3.8) is 0 Å². The SMILES string of the molecule is Cc1nc(Cc2cn[nH]c2-c2ccc(C(F)(F)F)cc2C#N)c2c(N3CCC3)ncnn12. The molecule has 1 N–H and O–H groups in total. The fourth-order valence-electron chi connectivity index (χ4n) is 3.91. The molecule has 0 bridgehead atoms. The minimum atomic E-state index is -4.53. The number of aromatic nitrogens is 6. The number of nitriles is 1. The largest absolute Gasteiger partial charge is 0.416 e. The molecule has 5 rings (SSSR count). The number of aromatic amines is 1. The zero-order chi connectivity index (χ0) is 22.5. The van der Waals surface area contributed by atoms with Crippen LogP contribution in [0.5, 0.6) is 0 Å². The van der Waals surface area contributed by atoms with Crippen LogP contribution in [-0.2, 0) is 12.6 Å². The summed E-state index contributed by atoms with van der Waals surface area (Å²) in [5.74, 6) is 1.51. The lowest BCUT2D eigenvalue weighted by Crippen LogP contribution is -2.38. The van der Waals surface area contributed by atoms with Crippen LogP contribution < -0.4 is 4.90 Å². The zero-order valence-corrected chi connectivity index (χ0v) is 17.0. The lowest BCUT2D eigenvalue weighted by molar-refractivity contribution is -0.137. The highest BCUT2D eigenvalue weighted by Gasteiger charge is 2.31. The lowest BCUT2D eigenvalue weighted by atomic mass is 9.98. The van der Waals surface area contributed by atoms with Crippen LogP contribution in [0.4, 0.5) is 19.0 Å². The number of alkyl halides is 3. The molecule has 0 radical (unpaired) electrons. The molecule has 0 unspecified atom stereocenters. The number of benzene rings is 1. The summed E-state index contributed by atoms with van der Waals surface area (Å²) in [6, 6.07) is 4.98. The van der Waals surface area contributed by atoms with Crippen LogP contribution in [-0.4, -0.2) is 42.9 Å². The van der Waals surface area contributed by atoms with Gasteiger partial charge in [-0.05, 0) is 25.5 Å². The molecule has 0 atom stereocenters. The van der Waals surface area contributed by atoms with Crippen LogP contribution in [0.1, 0.15) is 34.6 Å². The van der Waals surface area contributed by atoms with E-state index in [1.165, 1.54) is 12.4 Å². The minimum Gasteiger partial charge on any atom is -0.355 e. The van der Waals surface area contributed by atoms with Crippen molar-refractivity contribution in [1.82, 2.24) is 29.8 Å². The van der Waals surface area contributed by atoms with Crippen LogP contribution in [0.3, 0.4) is 0 Å². The Balaban J connectivity index is 1.58. The fraction of sp³-hybridized carbons (Fsp3) is 0.286. The first-order valence-electron chi connectivity index (χ1n) is 9.95. The molecule has 0 spiro atoms. The van der Waals surface area contributed by atoms with Crippen molar-refractivity contribution in [3.05, 3.63) is 58.9 Å². The van der Waals surface area contributed by atoms with E-state index in [-0.39, 0.29) is 5.56 Å². The number of hydrogen-bond donors (Lipinski definition) is 1. The fourth-order valence-corrected chi connectivity index (χ4v) is 3.91. The minimum absolute atomic E-state index is 0.0826. The van der Waals surface area contributed by atoms with E-state index in [2.05, 4.69) is 30.2 Å². The summed E-state index contributed by atoms with van der Waals surface area (Å²) in [7, 11) is 0.